The summed E-state index contributed by atoms with van der Waals surface area (Å²) in [6.07, 6.45) is 3.72. The quantitative estimate of drug-likeness (QED) is 0.345. The molecule has 0 atom stereocenters. The third kappa shape index (κ3) is 4.59. The van der Waals surface area contributed by atoms with Gasteiger partial charge in [-0.2, -0.15) is 5.10 Å². The van der Waals surface area contributed by atoms with Gasteiger partial charge in [0.25, 0.3) is 5.91 Å². The number of carbonyl (C=O) groups excluding carboxylic acids is 1. The number of hydrogen-bond acceptors (Lipinski definition) is 6. The highest BCUT2D eigenvalue weighted by Crippen LogP contribution is 2.36. The van der Waals surface area contributed by atoms with E-state index < -0.39 is 0 Å². The molecule has 2 aromatic carbocycles. The molecule has 9 heteroatoms. The topological polar surface area (TPSA) is 56.6 Å². The molecule has 0 unspecified atom stereocenters. The second kappa shape index (κ2) is 9.87. The number of aromatic nitrogens is 2. The Morgan fingerprint density at radius 3 is 2.66 bits per heavy atom. The number of amides is 1. The van der Waals surface area contributed by atoms with Crippen molar-refractivity contribution in [2.24, 2.45) is 0 Å². The van der Waals surface area contributed by atoms with Gasteiger partial charge in [0, 0.05) is 24.4 Å². The Morgan fingerprint density at radius 2 is 1.97 bits per heavy atom. The zero-order chi connectivity index (χ0) is 22.7. The van der Waals surface area contributed by atoms with E-state index >= 15 is 0 Å². The molecule has 0 aliphatic carbocycles. The van der Waals surface area contributed by atoms with Gasteiger partial charge in [0.1, 0.15) is 15.8 Å². The molecular formula is C23H20ClN3O3S2. The number of halogens is 1. The lowest BCUT2D eigenvalue weighted by Crippen LogP contribution is -2.31. The Hall–Kier alpha value is -2.65. The van der Waals surface area contributed by atoms with Gasteiger partial charge in [-0.05, 0) is 36.4 Å². The minimum atomic E-state index is -0.136. The third-order valence-electron chi connectivity index (χ3n) is 4.87. The molecule has 2 heterocycles. The van der Waals surface area contributed by atoms with Crippen molar-refractivity contribution in [1.82, 2.24) is 14.7 Å². The molecule has 3 aromatic rings. The van der Waals surface area contributed by atoms with Crippen molar-refractivity contribution in [3.8, 4) is 22.7 Å². The van der Waals surface area contributed by atoms with Crippen LogP contribution < -0.4 is 4.74 Å². The van der Waals surface area contributed by atoms with Crippen LogP contribution in [0.3, 0.4) is 0 Å². The number of carbonyl (C=O) groups is 1. The maximum Gasteiger partial charge on any atom is 0.266 e. The van der Waals surface area contributed by atoms with Gasteiger partial charge in [-0.1, -0.05) is 53.8 Å². The van der Waals surface area contributed by atoms with Crippen LogP contribution >= 0.6 is 35.6 Å². The van der Waals surface area contributed by atoms with Crippen LogP contribution in [0.1, 0.15) is 5.56 Å². The summed E-state index contributed by atoms with van der Waals surface area (Å²) < 4.78 is 12.7. The van der Waals surface area contributed by atoms with Crippen LogP contribution in [0.4, 0.5) is 0 Å². The molecule has 164 valence electrons. The van der Waals surface area contributed by atoms with Crippen LogP contribution in [0.2, 0.25) is 5.02 Å². The maximum atomic E-state index is 12.9. The zero-order valence-electron chi connectivity index (χ0n) is 17.4. The fourth-order valence-corrected chi connectivity index (χ4v) is 4.82. The molecule has 1 amide bonds. The molecular weight excluding hydrogens is 466 g/mol. The molecule has 0 N–H and O–H groups in total. The zero-order valence-corrected chi connectivity index (χ0v) is 19.8. The lowest BCUT2D eigenvalue weighted by Gasteiger charge is -2.12. The van der Waals surface area contributed by atoms with E-state index in [0.29, 0.717) is 38.8 Å². The summed E-state index contributed by atoms with van der Waals surface area (Å²) in [5.41, 5.74) is 3.19. The van der Waals surface area contributed by atoms with Crippen LogP contribution in [-0.4, -0.2) is 52.3 Å². The largest absolute Gasteiger partial charge is 0.495 e. The van der Waals surface area contributed by atoms with Crippen molar-refractivity contribution in [3.63, 3.8) is 0 Å². The maximum absolute atomic E-state index is 12.9. The van der Waals surface area contributed by atoms with Gasteiger partial charge in [-0.3, -0.25) is 9.69 Å². The van der Waals surface area contributed by atoms with Gasteiger partial charge in [0.05, 0.1) is 35.9 Å². The first-order chi connectivity index (χ1) is 15.5. The predicted octanol–water partition coefficient (Wildman–Crippen LogP) is 5.05. The summed E-state index contributed by atoms with van der Waals surface area (Å²) in [5.74, 6) is 0.446. The van der Waals surface area contributed by atoms with Gasteiger partial charge in [-0.25, -0.2) is 4.68 Å². The molecule has 1 fully saturated rings. The van der Waals surface area contributed by atoms with Gasteiger partial charge in [0.15, 0.2) is 0 Å². The number of thiocarbonyl (C=S) groups is 1. The highest BCUT2D eigenvalue weighted by atomic mass is 35.5. The van der Waals surface area contributed by atoms with E-state index in [-0.39, 0.29) is 5.91 Å². The van der Waals surface area contributed by atoms with Crippen LogP contribution in [0, 0.1) is 0 Å². The average molecular weight is 486 g/mol. The van der Waals surface area contributed by atoms with Gasteiger partial charge in [-0.15, -0.1) is 0 Å². The standard InChI is InChI=1S/C23H20ClN3O3S2/c1-29-11-10-26-22(28)20(32-23(26)31)13-16-14-27(17-6-4-3-5-7-17)25-21(16)15-8-9-19(30-2)18(24)12-15/h3-9,12-14H,10-11H2,1-2H3. The molecule has 0 spiro atoms. The monoisotopic (exact) mass is 485 g/mol. The first-order valence-corrected chi connectivity index (χ1v) is 11.4. The molecule has 1 aromatic heterocycles. The minimum Gasteiger partial charge on any atom is -0.495 e. The van der Waals surface area contributed by atoms with Gasteiger partial charge < -0.3 is 9.47 Å². The van der Waals surface area contributed by atoms with Crippen molar-refractivity contribution in [2.45, 2.75) is 0 Å². The summed E-state index contributed by atoms with van der Waals surface area (Å²) in [4.78, 5) is 15.0. The number of ether oxygens (including phenoxy) is 2. The van der Waals surface area contributed by atoms with E-state index in [2.05, 4.69) is 0 Å². The molecule has 1 aliphatic rings. The number of methoxy groups -OCH3 is 2. The highest BCUT2D eigenvalue weighted by molar-refractivity contribution is 8.26. The number of rotatable bonds is 7. The molecule has 0 saturated carbocycles. The minimum absolute atomic E-state index is 0.136. The SMILES string of the molecule is COCCN1C(=O)C(=Cc2cn(-c3ccccc3)nc2-c2ccc(OC)c(Cl)c2)SC1=S. The summed E-state index contributed by atoms with van der Waals surface area (Å²) in [5, 5.41) is 5.27. The van der Waals surface area contributed by atoms with Crippen LogP contribution in [0.15, 0.2) is 59.6 Å². The molecule has 0 radical (unpaired) electrons. The number of nitrogens with zero attached hydrogens (tertiary/aromatic N) is 3. The van der Waals surface area contributed by atoms with Crippen molar-refractivity contribution in [2.75, 3.05) is 27.4 Å². The van der Waals surface area contributed by atoms with Crippen LogP contribution in [0.25, 0.3) is 23.0 Å². The molecule has 32 heavy (non-hydrogen) atoms. The fourth-order valence-electron chi connectivity index (χ4n) is 3.26. The molecule has 1 saturated heterocycles. The first kappa shape index (κ1) is 22.5. The smallest absolute Gasteiger partial charge is 0.266 e. The number of benzene rings is 2. The Morgan fingerprint density at radius 1 is 1.19 bits per heavy atom. The second-order valence-electron chi connectivity index (χ2n) is 6.89. The summed E-state index contributed by atoms with van der Waals surface area (Å²) >= 11 is 13.0. The Balaban J connectivity index is 1.78. The number of thioether (sulfide) groups is 1. The third-order valence-corrected chi connectivity index (χ3v) is 6.54. The molecule has 4 rings (SSSR count). The lowest BCUT2D eigenvalue weighted by molar-refractivity contribution is -0.122. The normalized spacial score (nSPS) is 15.1. The Kier molecular flexibility index (Phi) is 6.95. The van der Waals surface area contributed by atoms with Crippen LogP contribution in [-0.2, 0) is 9.53 Å². The molecule has 0 bridgehead atoms. The second-order valence-corrected chi connectivity index (χ2v) is 8.97. The van der Waals surface area contributed by atoms with E-state index in [1.54, 1.807) is 35.9 Å². The Labute approximate surface area is 200 Å². The Bertz CT molecular complexity index is 1190. The average Bonchev–Trinajstić information content (AvgIpc) is 3.34. The van der Waals surface area contributed by atoms with E-state index in [0.717, 1.165) is 16.8 Å². The predicted molar refractivity (Wildman–Crippen MR) is 132 cm³/mol. The number of para-hydroxylation sites is 1. The van der Waals surface area contributed by atoms with E-state index in [9.17, 15) is 4.79 Å². The van der Waals surface area contributed by atoms with Crippen molar-refractivity contribution < 1.29 is 14.3 Å². The van der Waals surface area contributed by atoms with Crippen LogP contribution in [0.5, 0.6) is 5.75 Å². The van der Waals surface area contributed by atoms with E-state index in [1.807, 2.05) is 48.7 Å². The summed E-state index contributed by atoms with van der Waals surface area (Å²) in [6.45, 7) is 0.837. The van der Waals surface area contributed by atoms with Gasteiger partial charge in [0.2, 0.25) is 0 Å². The first-order valence-electron chi connectivity index (χ1n) is 9.75. The van der Waals surface area contributed by atoms with Crippen molar-refractivity contribution in [3.05, 3.63) is 70.2 Å². The lowest BCUT2D eigenvalue weighted by atomic mass is 10.1. The van der Waals surface area contributed by atoms with E-state index in [4.69, 9.17) is 38.4 Å². The van der Waals surface area contributed by atoms with Crippen molar-refractivity contribution >= 4 is 51.9 Å². The van der Waals surface area contributed by atoms with Crippen molar-refractivity contribution in [1.29, 1.82) is 0 Å². The molecule has 6 nitrogen and oxygen atoms in total. The highest BCUT2D eigenvalue weighted by Gasteiger charge is 2.32. The van der Waals surface area contributed by atoms with E-state index in [1.165, 1.54) is 11.8 Å². The number of hydrogen-bond donors (Lipinski definition) is 0. The fraction of sp³-hybridized carbons (Fsp3) is 0.174. The summed E-state index contributed by atoms with van der Waals surface area (Å²) in [6, 6.07) is 15.3. The van der Waals surface area contributed by atoms with Gasteiger partial charge >= 0.3 is 0 Å². The summed E-state index contributed by atoms with van der Waals surface area (Å²) in [7, 11) is 3.17. The molecule has 1 aliphatic heterocycles.